The smallest absolute Gasteiger partial charge is 0.222 e. The lowest BCUT2D eigenvalue weighted by Gasteiger charge is -2.35. The number of para-hydroxylation sites is 1. The van der Waals surface area contributed by atoms with Gasteiger partial charge in [0.05, 0.1) is 7.11 Å². The molecule has 0 aliphatic carbocycles. The number of unbranched alkanes of at least 4 members (excludes halogenated alkanes) is 3. The van der Waals surface area contributed by atoms with Crippen molar-refractivity contribution in [2.75, 3.05) is 39.8 Å². The monoisotopic (exact) mass is 333 g/mol. The predicted molar refractivity (Wildman–Crippen MR) is 97.0 cm³/mol. The molecule has 0 bridgehead atoms. The average Bonchev–Trinajstić information content (AvgIpc) is 2.62. The van der Waals surface area contributed by atoms with Gasteiger partial charge >= 0.3 is 0 Å². The van der Waals surface area contributed by atoms with Crippen LogP contribution >= 0.6 is 0 Å². The molecular formula is C19H31N3O2. The van der Waals surface area contributed by atoms with Gasteiger partial charge in [0.25, 0.3) is 0 Å². The van der Waals surface area contributed by atoms with Crippen molar-refractivity contribution in [1.82, 2.24) is 9.80 Å². The molecule has 0 saturated carbocycles. The third kappa shape index (κ3) is 5.80. The Morgan fingerprint density at radius 2 is 1.79 bits per heavy atom. The Kier molecular flexibility index (Phi) is 8.05. The zero-order valence-corrected chi connectivity index (χ0v) is 14.9. The molecule has 0 radical (unpaired) electrons. The quantitative estimate of drug-likeness (QED) is 0.704. The van der Waals surface area contributed by atoms with Crippen LogP contribution < -0.4 is 10.5 Å². The summed E-state index contributed by atoms with van der Waals surface area (Å²) in [5.41, 5.74) is 6.69. The maximum absolute atomic E-state index is 12.3. The van der Waals surface area contributed by atoms with E-state index in [4.69, 9.17) is 10.5 Å². The summed E-state index contributed by atoms with van der Waals surface area (Å²) in [5, 5.41) is 0. The highest BCUT2D eigenvalue weighted by Crippen LogP contribution is 2.20. The molecule has 2 rings (SSSR count). The Bertz CT molecular complexity index is 499. The fourth-order valence-corrected chi connectivity index (χ4v) is 3.16. The van der Waals surface area contributed by atoms with Gasteiger partial charge in [-0.15, -0.1) is 0 Å². The Morgan fingerprint density at radius 1 is 1.08 bits per heavy atom. The lowest BCUT2D eigenvalue weighted by Crippen LogP contribution is -2.48. The summed E-state index contributed by atoms with van der Waals surface area (Å²) in [5.74, 6) is 1.24. The van der Waals surface area contributed by atoms with Crippen molar-refractivity contribution >= 4 is 5.91 Å². The molecule has 1 heterocycles. The summed E-state index contributed by atoms with van der Waals surface area (Å²) in [4.78, 5) is 16.7. The molecule has 5 heteroatoms. The molecule has 2 N–H and O–H groups in total. The molecule has 0 aromatic heterocycles. The van der Waals surface area contributed by atoms with Gasteiger partial charge in [-0.1, -0.05) is 31.0 Å². The minimum atomic E-state index is 0.305. The van der Waals surface area contributed by atoms with Crippen LogP contribution in [0.4, 0.5) is 0 Å². The zero-order chi connectivity index (χ0) is 17.2. The van der Waals surface area contributed by atoms with E-state index in [1.807, 2.05) is 23.1 Å². The summed E-state index contributed by atoms with van der Waals surface area (Å²) in [6.45, 7) is 5.15. The molecule has 1 amide bonds. The third-order valence-electron chi connectivity index (χ3n) is 4.66. The van der Waals surface area contributed by atoms with Crippen molar-refractivity contribution < 1.29 is 9.53 Å². The van der Waals surface area contributed by atoms with Gasteiger partial charge in [-0.05, 0) is 25.5 Å². The van der Waals surface area contributed by atoms with E-state index in [2.05, 4.69) is 11.0 Å². The van der Waals surface area contributed by atoms with Gasteiger partial charge in [0.1, 0.15) is 5.75 Å². The minimum Gasteiger partial charge on any atom is -0.496 e. The van der Waals surface area contributed by atoms with Gasteiger partial charge in [-0.2, -0.15) is 0 Å². The number of nitrogens with two attached hydrogens (primary N) is 1. The molecule has 1 aromatic rings. The van der Waals surface area contributed by atoms with E-state index in [0.29, 0.717) is 12.3 Å². The summed E-state index contributed by atoms with van der Waals surface area (Å²) in [6, 6.07) is 8.15. The van der Waals surface area contributed by atoms with Crippen molar-refractivity contribution in [3.8, 4) is 5.75 Å². The molecule has 1 saturated heterocycles. The second kappa shape index (κ2) is 10.3. The van der Waals surface area contributed by atoms with Crippen LogP contribution in [0.15, 0.2) is 24.3 Å². The number of hydrogen-bond donors (Lipinski definition) is 1. The number of rotatable bonds is 9. The number of methoxy groups -OCH3 is 1. The van der Waals surface area contributed by atoms with Crippen LogP contribution in [0.3, 0.4) is 0 Å². The van der Waals surface area contributed by atoms with Crippen LogP contribution in [0.25, 0.3) is 0 Å². The van der Waals surface area contributed by atoms with Gasteiger partial charge in [0.15, 0.2) is 0 Å². The van der Waals surface area contributed by atoms with Crippen molar-refractivity contribution in [2.24, 2.45) is 5.73 Å². The van der Waals surface area contributed by atoms with Crippen LogP contribution in [0.2, 0.25) is 0 Å². The molecule has 1 aliphatic heterocycles. The van der Waals surface area contributed by atoms with E-state index in [0.717, 1.165) is 70.7 Å². The summed E-state index contributed by atoms with van der Waals surface area (Å²) >= 11 is 0. The molecule has 0 spiro atoms. The van der Waals surface area contributed by atoms with E-state index in [-0.39, 0.29) is 0 Å². The number of hydrogen-bond acceptors (Lipinski definition) is 4. The first-order valence-corrected chi connectivity index (χ1v) is 9.06. The van der Waals surface area contributed by atoms with Crippen LogP contribution in [-0.4, -0.2) is 55.5 Å². The van der Waals surface area contributed by atoms with Crippen molar-refractivity contribution in [3.63, 3.8) is 0 Å². The molecule has 134 valence electrons. The fourth-order valence-electron chi connectivity index (χ4n) is 3.16. The second-order valence-electron chi connectivity index (χ2n) is 6.42. The first-order chi connectivity index (χ1) is 11.7. The molecular weight excluding hydrogens is 302 g/mol. The lowest BCUT2D eigenvalue weighted by molar-refractivity contribution is -0.133. The highest BCUT2D eigenvalue weighted by atomic mass is 16.5. The normalized spacial score (nSPS) is 15.5. The van der Waals surface area contributed by atoms with Gasteiger partial charge in [-0.3, -0.25) is 9.69 Å². The number of carbonyl (C=O) groups excluding carboxylic acids is 1. The van der Waals surface area contributed by atoms with Crippen LogP contribution in [-0.2, 0) is 11.3 Å². The first-order valence-electron chi connectivity index (χ1n) is 9.06. The van der Waals surface area contributed by atoms with Crippen molar-refractivity contribution in [2.45, 2.75) is 38.6 Å². The zero-order valence-electron chi connectivity index (χ0n) is 14.9. The highest BCUT2D eigenvalue weighted by Gasteiger charge is 2.21. The van der Waals surface area contributed by atoms with Crippen molar-refractivity contribution in [3.05, 3.63) is 29.8 Å². The largest absolute Gasteiger partial charge is 0.496 e. The third-order valence-corrected chi connectivity index (χ3v) is 4.66. The Morgan fingerprint density at radius 3 is 2.50 bits per heavy atom. The number of benzene rings is 1. The fraction of sp³-hybridized carbons (Fsp3) is 0.632. The summed E-state index contributed by atoms with van der Waals surface area (Å²) < 4.78 is 5.42. The summed E-state index contributed by atoms with van der Waals surface area (Å²) in [6.07, 6.45) is 4.97. The maximum Gasteiger partial charge on any atom is 0.222 e. The Hall–Kier alpha value is -1.59. The first kappa shape index (κ1) is 18.7. The highest BCUT2D eigenvalue weighted by molar-refractivity contribution is 5.76. The van der Waals surface area contributed by atoms with Gasteiger partial charge in [0, 0.05) is 44.7 Å². The van der Waals surface area contributed by atoms with E-state index < -0.39 is 0 Å². The van der Waals surface area contributed by atoms with E-state index in [9.17, 15) is 4.79 Å². The molecule has 0 unspecified atom stereocenters. The van der Waals surface area contributed by atoms with E-state index >= 15 is 0 Å². The van der Waals surface area contributed by atoms with Crippen LogP contribution in [0, 0.1) is 0 Å². The second-order valence-corrected chi connectivity index (χ2v) is 6.42. The Labute approximate surface area is 145 Å². The van der Waals surface area contributed by atoms with Gasteiger partial charge in [0.2, 0.25) is 5.91 Å². The topological polar surface area (TPSA) is 58.8 Å². The van der Waals surface area contributed by atoms with Crippen LogP contribution in [0.5, 0.6) is 5.75 Å². The molecule has 1 aliphatic rings. The Balaban J connectivity index is 1.70. The average molecular weight is 333 g/mol. The maximum atomic E-state index is 12.3. The minimum absolute atomic E-state index is 0.305. The number of ether oxygens (including phenoxy) is 1. The van der Waals surface area contributed by atoms with Gasteiger partial charge in [-0.25, -0.2) is 0 Å². The molecule has 5 nitrogen and oxygen atoms in total. The van der Waals surface area contributed by atoms with E-state index in [1.165, 1.54) is 5.56 Å². The van der Waals surface area contributed by atoms with Gasteiger partial charge < -0.3 is 15.4 Å². The van der Waals surface area contributed by atoms with Crippen LogP contribution in [0.1, 0.15) is 37.7 Å². The predicted octanol–water partition coefficient (Wildman–Crippen LogP) is 2.25. The van der Waals surface area contributed by atoms with E-state index in [1.54, 1.807) is 7.11 Å². The SMILES string of the molecule is COc1ccccc1CN1CCN(C(=O)CCCCCCN)CC1. The van der Waals surface area contributed by atoms with Crippen molar-refractivity contribution in [1.29, 1.82) is 0 Å². The summed E-state index contributed by atoms with van der Waals surface area (Å²) in [7, 11) is 1.71. The number of piperazine rings is 1. The standard InChI is InChI=1S/C19H31N3O2/c1-24-18-9-6-5-8-17(18)16-21-12-14-22(15-13-21)19(23)10-4-2-3-7-11-20/h5-6,8-9H,2-4,7,10-16,20H2,1H3. The molecule has 1 aromatic carbocycles. The molecule has 1 fully saturated rings. The number of amides is 1. The lowest BCUT2D eigenvalue weighted by atomic mass is 10.1. The molecule has 24 heavy (non-hydrogen) atoms. The number of carbonyl (C=O) groups is 1. The molecule has 0 atom stereocenters. The number of nitrogens with zero attached hydrogens (tertiary/aromatic N) is 2.